The molecule has 92 heavy (non-hydrogen) atoms. The zero-order valence-electron chi connectivity index (χ0n) is 54.4. The molecule has 2 aliphatic carbocycles. The van der Waals surface area contributed by atoms with Crippen molar-refractivity contribution in [3.63, 3.8) is 0 Å². The number of esters is 1. The fraction of sp³-hybridized carbons (Fsp3) is 0.552. The average molecular weight is 1280 g/mol. The monoisotopic (exact) mass is 1280 g/mol. The first kappa shape index (κ1) is 66.8. The maximum atomic E-state index is 16.5. The number of phenols is 1. The number of Topliss-reactive ketones (excluding diaryl/α,β-unsaturated/α-hetero) is 1. The fourth-order valence-corrected chi connectivity index (χ4v) is 13.9. The number of aliphatic hydroxyl groups excluding tert-OH is 2. The number of likely N-dealkylation sites (tertiary alicyclic amines) is 1. The number of aromatic nitrogens is 1. The van der Waals surface area contributed by atoms with Crippen molar-refractivity contribution in [1.29, 1.82) is 0 Å². The minimum absolute atomic E-state index is 0.0365. The van der Waals surface area contributed by atoms with Gasteiger partial charge in [0.2, 0.25) is 11.2 Å². The van der Waals surface area contributed by atoms with Crippen molar-refractivity contribution >= 4 is 57.5 Å². The van der Waals surface area contributed by atoms with Gasteiger partial charge >= 0.3 is 11.9 Å². The number of methoxy groups -OCH3 is 2. The van der Waals surface area contributed by atoms with Gasteiger partial charge < -0.3 is 78.8 Å². The second-order valence-electron chi connectivity index (χ2n) is 26.2. The number of benzene rings is 2. The Balaban J connectivity index is 1.05. The molecule has 4 bridgehead atoms. The Morgan fingerprint density at radius 3 is 2.27 bits per heavy atom. The smallest absolute Gasteiger partial charge is 0.341 e. The molecule has 6 heterocycles. The Kier molecular flexibility index (Phi) is 18.9. The number of piperazine rings is 1. The summed E-state index contributed by atoms with van der Waals surface area (Å²) in [6.45, 7) is 20.7. The third-order valence-corrected chi connectivity index (χ3v) is 19.2. The number of hydrogen-bond acceptors (Lipinski definition) is 20. The molecule has 3 fully saturated rings. The van der Waals surface area contributed by atoms with Gasteiger partial charge in [-0.15, -0.1) is 0 Å². The van der Waals surface area contributed by atoms with E-state index in [1.54, 1.807) is 81.1 Å². The predicted octanol–water partition coefficient (Wildman–Crippen LogP) is 6.39. The standard InChI is InChI=1S/C67H85FN8O16/c1-32(2)28-73-22-20-67(21-23-73)70-50-47-48-57(81)39(9)61-49(47)63(72-90-31-46(78)75-25-24-74(29-35(75)5)54-44(68)27-42-53(62(54)88-13)76(41-17-18-41)30-43(58(42)82)65(85)86)66(11,92-61)89-26-19-45(87-12)36(6)60(91-40(10)77)38(8)56(80)37(7)55(79)33(3)15-14-16-34(4)64(84)69-52(59(48)83)51(50)71-67/h14-16,19,26-27,30,32-33,35-38,41,45,55-56,60,71,79-81H,17-18,20-25,28-29,31H2,1-13H3,(H,69,84)(H,85,86)/b15-14+,26-19+,34-16-,72-63-/t33-,35?,36+,37+,38+,45-,55-,56+,60+,66-/m0/s1. The second-order valence-corrected chi connectivity index (χ2v) is 26.2. The molecule has 5 aliphatic heterocycles. The van der Waals surface area contributed by atoms with E-state index in [1.165, 1.54) is 46.6 Å². The zero-order valence-corrected chi connectivity index (χ0v) is 54.4. The number of ketones is 1. The Morgan fingerprint density at radius 2 is 1.64 bits per heavy atom. The van der Waals surface area contributed by atoms with Crippen LogP contribution in [0.1, 0.15) is 138 Å². The summed E-state index contributed by atoms with van der Waals surface area (Å²) in [4.78, 5) is 99.8. The van der Waals surface area contributed by atoms with Gasteiger partial charge in [0.15, 0.2) is 23.9 Å². The number of nitrogens with one attached hydrogen (secondary N) is 2. The number of aliphatic hydroxyl groups is 2. The Morgan fingerprint density at radius 1 is 0.935 bits per heavy atom. The molecular weight excluding hydrogens is 1190 g/mol. The third kappa shape index (κ3) is 12.4. The molecule has 1 unspecified atom stereocenters. The molecule has 2 amide bonds. The lowest BCUT2D eigenvalue weighted by atomic mass is 9.78. The molecule has 10 atom stereocenters. The van der Waals surface area contributed by atoms with Crippen molar-refractivity contribution in [1.82, 2.24) is 25.0 Å². The summed E-state index contributed by atoms with van der Waals surface area (Å²) < 4.78 is 49.3. The first-order chi connectivity index (χ1) is 43.5. The van der Waals surface area contributed by atoms with Crippen LogP contribution in [-0.2, 0) is 33.4 Å². The van der Waals surface area contributed by atoms with E-state index in [0.717, 1.165) is 25.5 Å². The first-order valence-corrected chi connectivity index (χ1v) is 31.5. The Hall–Kier alpha value is -8.13. The van der Waals surface area contributed by atoms with Crippen LogP contribution in [0.4, 0.5) is 10.1 Å². The number of halogens is 1. The first-order valence-electron chi connectivity index (χ1n) is 31.5. The number of carboxylic acid groups (broad SMARTS) is 1. The summed E-state index contributed by atoms with van der Waals surface area (Å²) in [6, 6.07) is 0.355. The fourth-order valence-electron chi connectivity index (χ4n) is 13.9. The second kappa shape index (κ2) is 26.1. The normalized spacial score (nSPS) is 29.4. The summed E-state index contributed by atoms with van der Waals surface area (Å²) in [5.41, 5.74) is -1.52. The molecule has 1 aromatic heterocycles. The van der Waals surface area contributed by atoms with E-state index in [0.29, 0.717) is 31.8 Å². The van der Waals surface area contributed by atoms with E-state index in [9.17, 15) is 44.4 Å². The number of anilines is 1. The van der Waals surface area contributed by atoms with Gasteiger partial charge in [-0.2, -0.15) is 0 Å². The molecule has 1 saturated carbocycles. The average Bonchev–Trinajstić information content (AvgIpc) is 1.50. The number of carbonyl (C=O) groups excluding carboxylic acids is 4. The highest BCUT2D eigenvalue weighted by molar-refractivity contribution is 6.35. The molecule has 2 aromatic carbocycles. The number of aromatic carboxylic acids is 1. The quantitative estimate of drug-likeness (QED) is 0.0895. The summed E-state index contributed by atoms with van der Waals surface area (Å²) in [7, 11) is 2.81. The number of amides is 2. The number of aromatic hydroxyl groups is 1. The van der Waals surface area contributed by atoms with Gasteiger partial charge in [0.25, 0.3) is 17.6 Å². The summed E-state index contributed by atoms with van der Waals surface area (Å²) in [6.07, 6.45) is 7.30. The van der Waals surface area contributed by atoms with Crippen LogP contribution >= 0.6 is 0 Å². The van der Waals surface area contributed by atoms with E-state index in [2.05, 4.69) is 34.5 Å². The topological polar surface area (TPSA) is 302 Å². The van der Waals surface area contributed by atoms with Crippen LogP contribution < -0.4 is 30.4 Å². The van der Waals surface area contributed by atoms with Crippen LogP contribution in [0, 0.1) is 42.3 Å². The number of pyridine rings is 1. The van der Waals surface area contributed by atoms with Crippen molar-refractivity contribution in [2.75, 3.05) is 65.0 Å². The number of aliphatic imine (C=N–C) groups is 1. The third-order valence-electron chi connectivity index (χ3n) is 19.2. The van der Waals surface area contributed by atoms with Crippen LogP contribution in [0.15, 0.2) is 74.7 Å². The Labute approximate surface area is 533 Å². The van der Waals surface area contributed by atoms with Gasteiger partial charge in [-0.3, -0.25) is 29.0 Å². The minimum Gasteiger partial charge on any atom is -0.507 e. The van der Waals surface area contributed by atoms with Gasteiger partial charge in [0.05, 0.1) is 65.1 Å². The SMILES string of the molecule is COc1c(N2CCN(C(=O)CO/N=C3/c4c5c(C)c(O)c6c4C4=NC7(CCN(CC(C)C)CC7)NC4=C(NC(=O)/C(C)=C\C=C\[C@H](C)[C@H](O)[C@@H](C)[C@@H](O)[C@@H](C)[C@H](OC(C)=O)[C@H](C)[C@@H](OC)/C=C/O[C@@]3(C)O5)C6=O)C(C)C2)c(F)cc2c(=O)c(C(=O)O)cn(C3CC3)c12. The van der Waals surface area contributed by atoms with Crippen LogP contribution in [0.5, 0.6) is 17.2 Å². The molecule has 0 radical (unpaired) electrons. The van der Waals surface area contributed by atoms with E-state index in [4.69, 9.17) is 33.5 Å². The van der Waals surface area contributed by atoms with Crippen LogP contribution in [0.25, 0.3) is 10.9 Å². The lowest BCUT2D eigenvalue weighted by Gasteiger charge is -2.41. The number of allylic oxidation sites excluding steroid dienone is 4. The summed E-state index contributed by atoms with van der Waals surface area (Å²) in [5, 5.41) is 56.7. The molecule has 6 N–H and O–H groups in total. The van der Waals surface area contributed by atoms with E-state index in [1.807, 2.05) is 0 Å². The van der Waals surface area contributed by atoms with Crippen molar-refractivity contribution in [3.05, 3.63) is 104 Å². The van der Waals surface area contributed by atoms with E-state index < -0.39 is 124 Å². The van der Waals surface area contributed by atoms with E-state index in [-0.39, 0.29) is 104 Å². The molecule has 7 aliphatic rings. The van der Waals surface area contributed by atoms with Gasteiger partial charge in [0.1, 0.15) is 40.2 Å². The van der Waals surface area contributed by atoms with Crippen molar-refractivity contribution in [2.45, 2.75) is 150 Å². The highest BCUT2D eigenvalue weighted by Gasteiger charge is 2.54. The highest BCUT2D eigenvalue weighted by atomic mass is 19.1. The van der Waals surface area contributed by atoms with E-state index >= 15 is 9.18 Å². The number of phenolic OH excluding ortho intramolecular Hbond substituents is 1. The van der Waals surface area contributed by atoms with Gasteiger partial charge in [-0.1, -0.05) is 64.9 Å². The summed E-state index contributed by atoms with van der Waals surface area (Å²) in [5.74, 6) is -9.44. The number of piperidine rings is 1. The summed E-state index contributed by atoms with van der Waals surface area (Å²) >= 11 is 0. The van der Waals surface area contributed by atoms with Gasteiger partial charge in [-0.25, -0.2) is 9.18 Å². The van der Waals surface area contributed by atoms with Crippen LogP contribution in [-0.4, -0.2) is 178 Å². The van der Waals surface area contributed by atoms with Gasteiger partial charge in [0, 0.05) is 132 Å². The lowest BCUT2D eigenvalue weighted by molar-refractivity contribution is -0.160. The lowest BCUT2D eigenvalue weighted by Crippen LogP contribution is -2.55. The molecule has 24 nitrogen and oxygen atoms in total. The predicted molar refractivity (Wildman–Crippen MR) is 338 cm³/mol. The number of ether oxygens (including phenoxy) is 5. The molecule has 1 spiro atoms. The number of carbonyl (C=O) groups is 5. The molecule has 3 aromatic rings. The molecule has 10 rings (SSSR count). The maximum Gasteiger partial charge on any atom is 0.341 e. The molecule has 25 heteroatoms. The number of oxime groups is 1. The van der Waals surface area contributed by atoms with Crippen molar-refractivity contribution in [3.8, 4) is 17.2 Å². The van der Waals surface area contributed by atoms with Crippen molar-refractivity contribution < 1.29 is 77.3 Å². The molecule has 2 saturated heterocycles. The number of rotatable bonds is 11. The number of carboxylic acids is 1. The number of hydrogen-bond donors (Lipinski definition) is 6. The number of fused-ring (bicyclic) bond motifs is 2. The molecule has 496 valence electrons. The van der Waals surface area contributed by atoms with Gasteiger partial charge in [-0.05, 0) is 51.7 Å². The maximum absolute atomic E-state index is 16.5. The van der Waals surface area contributed by atoms with Crippen molar-refractivity contribution in [2.24, 2.45) is 39.7 Å². The molecular formula is C67H85FN8O16. The Bertz CT molecular complexity index is 3750. The van der Waals surface area contributed by atoms with Crippen LogP contribution in [0.3, 0.4) is 0 Å². The minimum atomic E-state index is -1.99. The zero-order chi connectivity index (χ0) is 66.7. The number of nitrogens with zero attached hydrogens (tertiary/aromatic N) is 6. The van der Waals surface area contributed by atoms with Crippen LogP contribution in [0.2, 0.25) is 0 Å². The highest BCUT2D eigenvalue weighted by Crippen LogP contribution is 2.51. The largest absolute Gasteiger partial charge is 0.507 e.